The molecule has 0 saturated carbocycles. The van der Waals surface area contributed by atoms with Gasteiger partial charge in [0.1, 0.15) is 5.84 Å². The van der Waals surface area contributed by atoms with Gasteiger partial charge in [0.15, 0.2) is 6.29 Å². The second kappa shape index (κ2) is 3.75. The molecule has 17 heavy (non-hydrogen) atoms. The molecule has 0 amide bonds. The normalized spacial score (nSPS) is 22.2. The lowest BCUT2D eigenvalue weighted by Gasteiger charge is -2.24. The van der Waals surface area contributed by atoms with E-state index in [1.165, 1.54) is 5.56 Å². The molecule has 5 N–H and O–H groups in total. The van der Waals surface area contributed by atoms with Gasteiger partial charge in [-0.15, -0.1) is 0 Å². The molecule has 3 rings (SSSR count). The van der Waals surface area contributed by atoms with Crippen LogP contribution in [0.5, 0.6) is 0 Å². The van der Waals surface area contributed by atoms with Gasteiger partial charge in [0.2, 0.25) is 0 Å². The number of nitrogens with one attached hydrogen (secondary N) is 1. The summed E-state index contributed by atoms with van der Waals surface area (Å²) < 4.78 is 0. The Balaban J connectivity index is 2.22. The van der Waals surface area contributed by atoms with E-state index in [2.05, 4.69) is 34.6 Å². The summed E-state index contributed by atoms with van der Waals surface area (Å²) in [6.07, 6.45) is 4.52. The predicted octanol–water partition coefficient (Wildman–Crippen LogP) is 1.02. The van der Waals surface area contributed by atoms with Crippen molar-refractivity contribution in [1.29, 1.82) is 0 Å². The summed E-state index contributed by atoms with van der Waals surface area (Å²) in [5, 5.41) is 3.19. The molecule has 1 atom stereocenters. The lowest BCUT2D eigenvalue weighted by atomic mass is 10.0. The summed E-state index contributed by atoms with van der Waals surface area (Å²) in [4.78, 5) is 4.15. The fraction of sp³-hybridized carbons (Fsp3) is 0.154. The van der Waals surface area contributed by atoms with Gasteiger partial charge in [-0.05, 0) is 12.0 Å². The minimum Gasteiger partial charge on any atom is -0.384 e. The summed E-state index contributed by atoms with van der Waals surface area (Å²) in [7, 11) is 0. The zero-order valence-corrected chi connectivity index (χ0v) is 9.35. The molecule has 1 aromatic rings. The highest BCUT2D eigenvalue weighted by molar-refractivity contribution is 6.06. The van der Waals surface area contributed by atoms with Gasteiger partial charge in [-0.3, -0.25) is 5.73 Å². The standard InChI is InChI=1S/C13H14N4/c14-12-10-7-3-5-8-4-1-2-6-9(8)11(10)16-13(15)17-12/h1-6,13,16H,7,15H2,(H2,14,17). The van der Waals surface area contributed by atoms with Crippen LogP contribution in [0.2, 0.25) is 0 Å². The summed E-state index contributed by atoms with van der Waals surface area (Å²) in [5.41, 5.74) is 16.1. The molecular weight excluding hydrogens is 212 g/mol. The van der Waals surface area contributed by atoms with E-state index in [9.17, 15) is 0 Å². The van der Waals surface area contributed by atoms with Crippen LogP contribution < -0.4 is 16.8 Å². The van der Waals surface area contributed by atoms with E-state index in [1.54, 1.807) is 0 Å². The van der Waals surface area contributed by atoms with Gasteiger partial charge >= 0.3 is 0 Å². The van der Waals surface area contributed by atoms with Crippen LogP contribution in [0, 0.1) is 0 Å². The van der Waals surface area contributed by atoms with Crippen molar-refractivity contribution >= 4 is 17.6 Å². The molecule has 0 saturated heterocycles. The summed E-state index contributed by atoms with van der Waals surface area (Å²) in [6, 6.07) is 8.18. The Morgan fingerprint density at radius 1 is 1.29 bits per heavy atom. The number of allylic oxidation sites excluding steroid dienone is 1. The second-order valence-electron chi connectivity index (χ2n) is 4.15. The highest BCUT2D eigenvalue weighted by Crippen LogP contribution is 2.28. The van der Waals surface area contributed by atoms with Crippen LogP contribution in [0.15, 0.2) is 40.9 Å². The molecule has 1 aliphatic carbocycles. The van der Waals surface area contributed by atoms with Crippen LogP contribution in [0.4, 0.5) is 0 Å². The number of fused-ring (bicyclic) bond motifs is 2. The highest BCUT2D eigenvalue weighted by atomic mass is 15.2. The van der Waals surface area contributed by atoms with Gasteiger partial charge in [-0.2, -0.15) is 0 Å². The number of rotatable bonds is 0. The van der Waals surface area contributed by atoms with Crippen molar-refractivity contribution in [2.75, 3.05) is 0 Å². The van der Waals surface area contributed by atoms with Crippen LogP contribution in [-0.4, -0.2) is 12.1 Å². The molecule has 1 aliphatic heterocycles. The molecule has 0 fully saturated rings. The zero-order valence-electron chi connectivity index (χ0n) is 9.35. The smallest absolute Gasteiger partial charge is 0.173 e. The van der Waals surface area contributed by atoms with E-state index in [0.29, 0.717) is 5.84 Å². The molecule has 4 nitrogen and oxygen atoms in total. The Bertz CT molecular complexity index is 554. The lowest BCUT2D eigenvalue weighted by Crippen LogP contribution is -2.41. The maximum atomic E-state index is 5.94. The van der Waals surface area contributed by atoms with Gasteiger partial charge in [-0.25, -0.2) is 4.99 Å². The fourth-order valence-electron chi connectivity index (χ4n) is 2.24. The van der Waals surface area contributed by atoms with Crippen LogP contribution in [-0.2, 0) is 0 Å². The molecule has 1 heterocycles. The Hall–Kier alpha value is -2.07. The predicted molar refractivity (Wildman–Crippen MR) is 69.7 cm³/mol. The molecule has 1 aromatic carbocycles. The monoisotopic (exact) mass is 226 g/mol. The van der Waals surface area contributed by atoms with E-state index in [0.717, 1.165) is 23.3 Å². The first-order valence-electron chi connectivity index (χ1n) is 5.60. The summed E-state index contributed by atoms with van der Waals surface area (Å²) in [6.45, 7) is 0. The SMILES string of the molecule is NC1=NC(N)NC2=C1CC=Cc1ccccc12. The van der Waals surface area contributed by atoms with Crippen LogP contribution in [0.25, 0.3) is 11.8 Å². The van der Waals surface area contributed by atoms with E-state index in [4.69, 9.17) is 11.5 Å². The van der Waals surface area contributed by atoms with Crippen molar-refractivity contribution in [3.05, 3.63) is 47.0 Å². The Morgan fingerprint density at radius 2 is 2.12 bits per heavy atom. The Labute approximate surface area is 99.7 Å². The molecule has 1 unspecified atom stereocenters. The van der Waals surface area contributed by atoms with E-state index >= 15 is 0 Å². The second-order valence-corrected chi connectivity index (χ2v) is 4.15. The summed E-state index contributed by atoms with van der Waals surface area (Å²) >= 11 is 0. The van der Waals surface area contributed by atoms with Crippen molar-refractivity contribution in [2.45, 2.75) is 12.7 Å². The lowest BCUT2D eigenvalue weighted by molar-refractivity contribution is 0.643. The number of nitrogens with two attached hydrogens (primary N) is 2. The minimum atomic E-state index is -0.458. The number of aliphatic imine (C=N–C) groups is 1. The van der Waals surface area contributed by atoms with Crippen molar-refractivity contribution in [3.63, 3.8) is 0 Å². The third kappa shape index (κ3) is 1.62. The van der Waals surface area contributed by atoms with E-state index in [1.807, 2.05) is 12.1 Å². The average molecular weight is 226 g/mol. The number of amidine groups is 1. The number of nitrogens with zero attached hydrogens (tertiary/aromatic N) is 1. The van der Waals surface area contributed by atoms with Gasteiger partial charge in [0.25, 0.3) is 0 Å². The zero-order chi connectivity index (χ0) is 11.8. The maximum absolute atomic E-state index is 5.94. The summed E-state index contributed by atoms with van der Waals surface area (Å²) in [5.74, 6) is 0.535. The molecule has 0 spiro atoms. The quantitative estimate of drug-likeness (QED) is 0.618. The first-order valence-corrected chi connectivity index (χ1v) is 5.60. The van der Waals surface area contributed by atoms with E-state index < -0.39 is 6.29 Å². The number of hydrogen-bond donors (Lipinski definition) is 3. The molecule has 2 aliphatic rings. The van der Waals surface area contributed by atoms with Gasteiger partial charge < -0.3 is 11.1 Å². The first kappa shape index (κ1) is 10.1. The molecule has 0 bridgehead atoms. The third-order valence-electron chi connectivity index (χ3n) is 3.03. The van der Waals surface area contributed by atoms with Gasteiger partial charge in [0, 0.05) is 11.1 Å². The maximum Gasteiger partial charge on any atom is 0.173 e. The van der Waals surface area contributed by atoms with Crippen LogP contribution >= 0.6 is 0 Å². The molecule has 0 radical (unpaired) electrons. The van der Waals surface area contributed by atoms with E-state index in [-0.39, 0.29) is 0 Å². The Kier molecular flexibility index (Phi) is 2.23. The number of benzene rings is 1. The molecule has 86 valence electrons. The average Bonchev–Trinajstić information content (AvgIpc) is 2.49. The van der Waals surface area contributed by atoms with Crippen molar-refractivity contribution < 1.29 is 0 Å². The third-order valence-corrected chi connectivity index (χ3v) is 3.03. The van der Waals surface area contributed by atoms with Crippen molar-refractivity contribution in [3.8, 4) is 0 Å². The Morgan fingerprint density at radius 3 is 3.00 bits per heavy atom. The fourth-order valence-corrected chi connectivity index (χ4v) is 2.24. The molecule has 0 aromatic heterocycles. The highest BCUT2D eigenvalue weighted by Gasteiger charge is 2.22. The topological polar surface area (TPSA) is 76.4 Å². The van der Waals surface area contributed by atoms with Gasteiger partial charge in [-0.1, -0.05) is 36.4 Å². The molecular formula is C13H14N4. The molecule has 4 heteroatoms. The largest absolute Gasteiger partial charge is 0.384 e. The minimum absolute atomic E-state index is 0.458. The number of hydrogen-bond acceptors (Lipinski definition) is 4. The van der Waals surface area contributed by atoms with Crippen molar-refractivity contribution in [1.82, 2.24) is 5.32 Å². The first-order chi connectivity index (χ1) is 8.25. The van der Waals surface area contributed by atoms with Gasteiger partial charge in [0.05, 0.1) is 5.70 Å². The van der Waals surface area contributed by atoms with Crippen LogP contribution in [0.1, 0.15) is 17.5 Å². The van der Waals surface area contributed by atoms with Crippen molar-refractivity contribution in [2.24, 2.45) is 16.5 Å². The van der Waals surface area contributed by atoms with Crippen LogP contribution in [0.3, 0.4) is 0 Å².